The number of benzene rings is 1. The summed E-state index contributed by atoms with van der Waals surface area (Å²) in [5.74, 6) is 0.617. The van der Waals surface area contributed by atoms with Crippen molar-refractivity contribution in [2.24, 2.45) is 5.10 Å². The van der Waals surface area contributed by atoms with Crippen LogP contribution in [0, 0.1) is 4.77 Å². The molecule has 0 fully saturated rings. The lowest BCUT2D eigenvalue weighted by atomic mass is 10.2. The van der Waals surface area contributed by atoms with E-state index in [0.717, 1.165) is 27.4 Å². The molecular weight excluding hydrogens is 414 g/mol. The van der Waals surface area contributed by atoms with Crippen LogP contribution in [0.4, 0.5) is 0 Å². The third kappa shape index (κ3) is 3.51. The largest absolute Gasteiger partial charge is 0.265 e. The third-order valence-corrected chi connectivity index (χ3v) is 5.56. The fourth-order valence-corrected chi connectivity index (χ4v) is 3.92. The van der Waals surface area contributed by atoms with Crippen molar-refractivity contribution in [1.82, 2.24) is 29.6 Å². The van der Waals surface area contributed by atoms with Gasteiger partial charge in [0, 0.05) is 29.7 Å². The van der Waals surface area contributed by atoms with Gasteiger partial charge in [0.05, 0.1) is 16.8 Å². The Hall–Kier alpha value is -3.69. The molecule has 4 heterocycles. The first kappa shape index (κ1) is 18.3. The molecule has 5 rings (SSSR count). The second kappa shape index (κ2) is 7.97. The zero-order valence-electron chi connectivity index (χ0n) is 15.6. The predicted octanol–water partition coefficient (Wildman–Crippen LogP) is 4.80. The quantitative estimate of drug-likeness (QED) is 0.322. The Labute approximate surface area is 181 Å². The monoisotopic (exact) mass is 429 g/mol. The maximum absolute atomic E-state index is 5.38. The maximum Gasteiger partial charge on any atom is 0.216 e. The average Bonchev–Trinajstić information content (AvgIpc) is 3.53. The fraction of sp³-hybridized carbons (Fsp3) is 0. The summed E-state index contributed by atoms with van der Waals surface area (Å²) in [6.07, 6.45) is 7.14. The number of nitrogens with one attached hydrogen (secondary N) is 1. The number of rotatable bonds is 5. The zero-order valence-corrected chi connectivity index (χ0v) is 17.2. The highest BCUT2D eigenvalue weighted by Gasteiger charge is 2.13. The first-order valence-electron chi connectivity index (χ1n) is 9.11. The molecule has 9 heteroatoms. The summed E-state index contributed by atoms with van der Waals surface area (Å²) in [5, 5.41) is 18.6. The summed E-state index contributed by atoms with van der Waals surface area (Å²) in [5.41, 5.74) is 3.59. The van der Waals surface area contributed by atoms with E-state index in [9.17, 15) is 0 Å². The molecule has 0 saturated carbocycles. The molecule has 0 radical (unpaired) electrons. The Morgan fingerprint density at radius 3 is 2.63 bits per heavy atom. The van der Waals surface area contributed by atoms with Crippen molar-refractivity contribution in [3.63, 3.8) is 0 Å². The van der Waals surface area contributed by atoms with E-state index in [1.165, 1.54) is 0 Å². The van der Waals surface area contributed by atoms with Gasteiger partial charge >= 0.3 is 0 Å². The summed E-state index contributed by atoms with van der Waals surface area (Å²) < 4.78 is 3.86. The molecule has 0 unspecified atom stereocenters. The number of nitrogens with zero attached hydrogens (tertiary/aromatic N) is 6. The van der Waals surface area contributed by atoms with Crippen LogP contribution in [0.25, 0.3) is 27.6 Å². The molecule has 146 valence electrons. The minimum atomic E-state index is 0.409. The van der Waals surface area contributed by atoms with Crippen LogP contribution in [0.5, 0.6) is 0 Å². The average molecular weight is 430 g/mol. The fourth-order valence-electron chi connectivity index (χ4n) is 3.01. The lowest BCUT2D eigenvalue weighted by molar-refractivity contribution is 0.871. The number of aromatic amines is 1. The van der Waals surface area contributed by atoms with Crippen molar-refractivity contribution in [2.45, 2.75) is 0 Å². The number of pyridine rings is 1. The summed E-state index contributed by atoms with van der Waals surface area (Å²) in [6.45, 7) is 0. The highest BCUT2D eigenvalue weighted by atomic mass is 32.1. The molecule has 0 aliphatic carbocycles. The van der Waals surface area contributed by atoms with Gasteiger partial charge in [-0.2, -0.15) is 20.0 Å². The first-order chi connectivity index (χ1) is 14.8. The van der Waals surface area contributed by atoms with Gasteiger partial charge in [0.25, 0.3) is 0 Å². The second-order valence-electron chi connectivity index (χ2n) is 6.34. The number of thiophene rings is 1. The topological polar surface area (TPSA) is 76.7 Å². The second-order valence-corrected chi connectivity index (χ2v) is 7.67. The standard InChI is InChI=1S/C21H15N7S2/c29-21-25-24-20(15-8-10-22-11-9-15)28(21)23-13-16-14-27(17-5-2-1-3-6-17)26-19(16)18-7-4-12-30-18/h1-14H,(H,25,29)/b23-13-. The molecule has 1 N–H and O–H groups in total. The van der Waals surface area contributed by atoms with Gasteiger partial charge in [0.2, 0.25) is 4.77 Å². The van der Waals surface area contributed by atoms with Crippen molar-refractivity contribution < 1.29 is 0 Å². The van der Waals surface area contributed by atoms with Crippen LogP contribution in [0.1, 0.15) is 5.56 Å². The number of hydrogen-bond donors (Lipinski definition) is 1. The van der Waals surface area contributed by atoms with Crippen LogP contribution in [-0.2, 0) is 0 Å². The highest BCUT2D eigenvalue weighted by molar-refractivity contribution is 7.71. The minimum absolute atomic E-state index is 0.409. The molecule has 0 aliphatic heterocycles. The normalized spacial score (nSPS) is 11.3. The molecule has 1 aromatic carbocycles. The van der Waals surface area contributed by atoms with Crippen molar-refractivity contribution in [2.75, 3.05) is 0 Å². The molecule has 0 spiro atoms. The third-order valence-electron chi connectivity index (χ3n) is 4.42. The molecule has 0 saturated heterocycles. The number of hydrogen-bond acceptors (Lipinski definition) is 6. The zero-order chi connectivity index (χ0) is 20.3. The first-order valence-corrected chi connectivity index (χ1v) is 10.4. The van der Waals surface area contributed by atoms with E-state index < -0.39 is 0 Å². The maximum atomic E-state index is 5.38. The van der Waals surface area contributed by atoms with Crippen LogP contribution in [0.3, 0.4) is 0 Å². The molecular formula is C21H15N7S2. The summed E-state index contributed by atoms with van der Waals surface area (Å²) in [4.78, 5) is 5.12. The van der Waals surface area contributed by atoms with E-state index in [1.54, 1.807) is 34.6 Å². The Bertz CT molecular complexity index is 1350. The highest BCUT2D eigenvalue weighted by Crippen LogP contribution is 2.27. The predicted molar refractivity (Wildman–Crippen MR) is 121 cm³/mol. The Kier molecular flexibility index (Phi) is 4.88. The molecule has 7 nitrogen and oxygen atoms in total. The van der Waals surface area contributed by atoms with Gasteiger partial charge in [-0.25, -0.2) is 9.78 Å². The van der Waals surface area contributed by atoms with Gasteiger partial charge < -0.3 is 0 Å². The molecule has 30 heavy (non-hydrogen) atoms. The van der Waals surface area contributed by atoms with Crippen LogP contribution < -0.4 is 0 Å². The van der Waals surface area contributed by atoms with Gasteiger partial charge in [0.15, 0.2) is 5.82 Å². The van der Waals surface area contributed by atoms with Gasteiger partial charge in [-0.3, -0.25) is 4.98 Å². The number of para-hydroxylation sites is 1. The minimum Gasteiger partial charge on any atom is -0.265 e. The molecule has 0 bridgehead atoms. The molecule has 0 amide bonds. The number of aromatic nitrogens is 6. The van der Waals surface area contributed by atoms with E-state index >= 15 is 0 Å². The van der Waals surface area contributed by atoms with E-state index in [2.05, 4.69) is 20.3 Å². The summed E-state index contributed by atoms with van der Waals surface area (Å²) in [7, 11) is 0. The number of H-pyrrole nitrogens is 1. The van der Waals surface area contributed by atoms with E-state index in [-0.39, 0.29) is 0 Å². The Morgan fingerprint density at radius 2 is 1.87 bits per heavy atom. The van der Waals surface area contributed by atoms with Gasteiger partial charge in [-0.15, -0.1) is 11.3 Å². The van der Waals surface area contributed by atoms with Crippen molar-refractivity contribution >= 4 is 29.8 Å². The van der Waals surface area contributed by atoms with Crippen LogP contribution in [-0.4, -0.2) is 35.9 Å². The lowest BCUT2D eigenvalue weighted by Gasteiger charge is -2.00. The van der Waals surface area contributed by atoms with Crippen LogP contribution in [0.2, 0.25) is 0 Å². The van der Waals surface area contributed by atoms with E-state index in [1.807, 2.05) is 70.9 Å². The van der Waals surface area contributed by atoms with Crippen molar-refractivity contribution in [1.29, 1.82) is 0 Å². The summed E-state index contributed by atoms with van der Waals surface area (Å²) in [6, 6.07) is 17.8. The van der Waals surface area contributed by atoms with Gasteiger partial charge in [-0.05, 0) is 47.9 Å². The van der Waals surface area contributed by atoms with E-state index in [4.69, 9.17) is 17.3 Å². The Balaban J connectivity index is 1.59. The SMILES string of the molecule is S=c1[nH]nc(-c2ccncc2)n1/N=C\c1cn(-c2ccccc2)nc1-c1cccs1. The van der Waals surface area contributed by atoms with Gasteiger partial charge in [0.1, 0.15) is 5.69 Å². The van der Waals surface area contributed by atoms with Crippen LogP contribution >= 0.6 is 23.6 Å². The molecule has 5 aromatic rings. The molecule has 4 aromatic heterocycles. The lowest BCUT2D eigenvalue weighted by Crippen LogP contribution is -1.95. The molecule has 0 aliphatic rings. The van der Waals surface area contributed by atoms with Crippen molar-refractivity contribution in [3.05, 3.63) is 88.9 Å². The van der Waals surface area contributed by atoms with Gasteiger partial charge in [-0.1, -0.05) is 24.3 Å². The van der Waals surface area contributed by atoms with E-state index in [0.29, 0.717) is 10.6 Å². The van der Waals surface area contributed by atoms with Crippen LogP contribution in [0.15, 0.2) is 83.7 Å². The summed E-state index contributed by atoms with van der Waals surface area (Å²) >= 11 is 7.01. The smallest absolute Gasteiger partial charge is 0.216 e. The van der Waals surface area contributed by atoms with Crippen molar-refractivity contribution in [3.8, 4) is 27.6 Å². The Morgan fingerprint density at radius 1 is 1.03 bits per heavy atom. The molecule has 0 atom stereocenters.